The SMILES string of the molecule is CC1(C)c2ccccc2-c2nc(-c3ccc(-n4c5ccccc5c5ccc6c(c7ccccc7n6-c6ccccc6)c54)cc3)nc(-c3ccccc3)c21. The lowest BCUT2D eigenvalue weighted by Crippen LogP contribution is -2.17. The van der Waals surface area contributed by atoms with Crippen molar-refractivity contribution >= 4 is 43.6 Å². The molecule has 0 bridgehead atoms. The van der Waals surface area contributed by atoms with Crippen molar-refractivity contribution in [3.63, 3.8) is 0 Å². The molecule has 0 unspecified atom stereocenters. The fourth-order valence-electron chi connectivity index (χ4n) is 8.94. The second kappa shape index (κ2) is 11.1. The molecule has 0 fully saturated rings. The van der Waals surface area contributed by atoms with Crippen LogP contribution in [0.5, 0.6) is 0 Å². The van der Waals surface area contributed by atoms with Gasteiger partial charge in [0.15, 0.2) is 5.82 Å². The Morgan fingerprint density at radius 2 is 1.04 bits per heavy atom. The molecule has 0 amide bonds. The van der Waals surface area contributed by atoms with Crippen LogP contribution in [0.15, 0.2) is 170 Å². The molecule has 1 aliphatic rings. The normalized spacial score (nSPS) is 13.2. The minimum Gasteiger partial charge on any atom is -0.309 e. The largest absolute Gasteiger partial charge is 0.309 e. The molecular formula is C49H34N4. The van der Waals surface area contributed by atoms with E-state index >= 15 is 0 Å². The van der Waals surface area contributed by atoms with Crippen molar-refractivity contribution in [1.82, 2.24) is 19.1 Å². The van der Waals surface area contributed by atoms with Crippen molar-refractivity contribution in [1.29, 1.82) is 0 Å². The minimum absolute atomic E-state index is 0.217. The molecule has 53 heavy (non-hydrogen) atoms. The number of aromatic nitrogens is 4. The number of hydrogen-bond acceptors (Lipinski definition) is 2. The maximum Gasteiger partial charge on any atom is 0.160 e. The first-order chi connectivity index (χ1) is 26.1. The molecule has 0 saturated carbocycles. The van der Waals surface area contributed by atoms with Crippen molar-refractivity contribution in [2.24, 2.45) is 0 Å². The van der Waals surface area contributed by atoms with Gasteiger partial charge in [0.1, 0.15) is 0 Å². The summed E-state index contributed by atoms with van der Waals surface area (Å²) >= 11 is 0. The van der Waals surface area contributed by atoms with E-state index in [0.717, 1.165) is 39.7 Å². The Hall–Kier alpha value is -6.78. The standard InChI is InChI=1S/C49H34N4/c1-49(2)39-22-12-9-20-37(39)46-44(49)45(31-15-5-3-6-16-31)50-48(51-46)32-25-27-34(28-26-32)53-40-23-13-10-19-35(40)36-29-30-42-43(47(36)53)38-21-11-14-24-41(38)52(42)33-17-7-4-8-18-33/h3-30H,1-2H3. The van der Waals surface area contributed by atoms with Gasteiger partial charge < -0.3 is 9.13 Å². The van der Waals surface area contributed by atoms with Crippen molar-refractivity contribution in [2.75, 3.05) is 0 Å². The van der Waals surface area contributed by atoms with Gasteiger partial charge in [-0.3, -0.25) is 0 Å². The van der Waals surface area contributed by atoms with Crippen LogP contribution in [-0.4, -0.2) is 19.1 Å². The maximum atomic E-state index is 5.34. The Kier molecular flexibility index (Phi) is 6.27. The first kappa shape index (κ1) is 29.9. The summed E-state index contributed by atoms with van der Waals surface area (Å²) in [5, 5.41) is 4.96. The van der Waals surface area contributed by atoms with Gasteiger partial charge in [0, 0.05) is 60.6 Å². The average Bonchev–Trinajstić information content (AvgIpc) is 3.82. The molecule has 3 aromatic heterocycles. The maximum absolute atomic E-state index is 5.34. The molecule has 0 atom stereocenters. The topological polar surface area (TPSA) is 35.6 Å². The molecule has 3 heterocycles. The molecule has 0 N–H and O–H groups in total. The summed E-state index contributed by atoms with van der Waals surface area (Å²) in [6.07, 6.45) is 0. The van der Waals surface area contributed by atoms with E-state index in [2.05, 4.69) is 193 Å². The first-order valence-corrected chi connectivity index (χ1v) is 18.3. The van der Waals surface area contributed by atoms with Gasteiger partial charge in [0.05, 0.1) is 33.5 Å². The molecule has 7 aromatic carbocycles. The van der Waals surface area contributed by atoms with Crippen LogP contribution in [0.25, 0.3) is 88.9 Å². The van der Waals surface area contributed by atoms with Crippen LogP contribution in [0.1, 0.15) is 25.0 Å². The molecule has 250 valence electrons. The van der Waals surface area contributed by atoms with E-state index in [1.807, 2.05) is 0 Å². The Balaban J connectivity index is 1.14. The Morgan fingerprint density at radius 3 is 1.81 bits per heavy atom. The summed E-state index contributed by atoms with van der Waals surface area (Å²) in [7, 11) is 0. The summed E-state index contributed by atoms with van der Waals surface area (Å²) in [4.78, 5) is 10.7. The number of hydrogen-bond donors (Lipinski definition) is 0. The van der Waals surface area contributed by atoms with Crippen molar-refractivity contribution in [3.05, 3.63) is 181 Å². The molecular weight excluding hydrogens is 645 g/mol. The van der Waals surface area contributed by atoms with Gasteiger partial charge in [-0.05, 0) is 60.2 Å². The van der Waals surface area contributed by atoms with Crippen LogP contribution < -0.4 is 0 Å². The van der Waals surface area contributed by atoms with Crippen molar-refractivity contribution in [3.8, 4) is 45.3 Å². The third-order valence-electron chi connectivity index (χ3n) is 11.3. The highest BCUT2D eigenvalue weighted by atomic mass is 15.0. The van der Waals surface area contributed by atoms with Crippen LogP contribution in [0, 0.1) is 0 Å². The number of nitrogens with zero attached hydrogens (tertiary/aromatic N) is 4. The van der Waals surface area contributed by atoms with Gasteiger partial charge in [-0.2, -0.15) is 0 Å². The Morgan fingerprint density at radius 1 is 0.434 bits per heavy atom. The molecule has 11 rings (SSSR count). The lowest BCUT2D eigenvalue weighted by molar-refractivity contribution is 0.658. The van der Waals surface area contributed by atoms with Crippen LogP contribution in [0.2, 0.25) is 0 Å². The number of fused-ring (bicyclic) bond motifs is 10. The molecule has 4 nitrogen and oxygen atoms in total. The molecule has 0 radical (unpaired) electrons. The van der Waals surface area contributed by atoms with Crippen LogP contribution in [0.4, 0.5) is 0 Å². The van der Waals surface area contributed by atoms with Crippen LogP contribution in [-0.2, 0) is 5.41 Å². The van der Waals surface area contributed by atoms with Crippen LogP contribution >= 0.6 is 0 Å². The van der Waals surface area contributed by atoms with Crippen molar-refractivity contribution < 1.29 is 0 Å². The average molecular weight is 679 g/mol. The minimum atomic E-state index is -0.217. The molecule has 1 aliphatic carbocycles. The van der Waals surface area contributed by atoms with E-state index in [1.165, 1.54) is 60.3 Å². The van der Waals surface area contributed by atoms with Crippen LogP contribution in [0.3, 0.4) is 0 Å². The summed E-state index contributed by atoms with van der Waals surface area (Å²) in [5.41, 5.74) is 14.6. The molecule has 0 spiro atoms. The Bertz CT molecular complexity index is 3060. The summed E-state index contributed by atoms with van der Waals surface area (Å²) < 4.78 is 4.83. The second-order valence-electron chi connectivity index (χ2n) is 14.6. The Labute approximate surface area is 307 Å². The van der Waals surface area contributed by atoms with E-state index in [-0.39, 0.29) is 5.41 Å². The zero-order valence-corrected chi connectivity index (χ0v) is 29.5. The van der Waals surface area contributed by atoms with E-state index in [4.69, 9.17) is 9.97 Å². The fraction of sp³-hybridized carbons (Fsp3) is 0.0612. The number of para-hydroxylation sites is 3. The van der Waals surface area contributed by atoms with Gasteiger partial charge in [-0.25, -0.2) is 9.97 Å². The highest BCUT2D eigenvalue weighted by Gasteiger charge is 2.40. The van der Waals surface area contributed by atoms with Gasteiger partial charge in [0.2, 0.25) is 0 Å². The molecule has 0 aliphatic heterocycles. The first-order valence-electron chi connectivity index (χ1n) is 18.3. The van der Waals surface area contributed by atoms with Gasteiger partial charge in [-0.1, -0.05) is 129 Å². The quantitative estimate of drug-likeness (QED) is 0.186. The highest BCUT2D eigenvalue weighted by molar-refractivity contribution is 6.26. The van der Waals surface area contributed by atoms with E-state index in [9.17, 15) is 0 Å². The molecule has 4 heteroatoms. The fourth-order valence-corrected chi connectivity index (χ4v) is 8.94. The summed E-state index contributed by atoms with van der Waals surface area (Å²) in [5.74, 6) is 0.734. The zero-order valence-electron chi connectivity index (χ0n) is 29.5. The van der Waals surface area contributed by atoms with E-state index in [0.29, 0.717) is 0 Å². The van der Waals surface area contributed by atoms with E-state index in [1.54, 1.807) is 0 Å². The summed E-state index contributed by atoms with van der Waals surface area (Å²) in [6.45, 7) is 4.59. The second-order valence-corrected chi connectivity index (χ2v) is 14.6. The van der Waals surface area contributed by atoms with Crippen molar-refractivity contribution in [2.45, 2.75) is 19.3 Å². The lowest BCUT2D eigenvalue weighted by atomic mass is 9.81. The third-order valence-corrected chi connectivity index (χ3v) is 11.3. The smallest absolute Gasteiger partial charge is 0.160 e. The molecule has 10 aromatic rings. The molecule has 0 saturated heterocycles. The monoisotopic (exact) mass is 678 g/mol. The lowest BCUT2D eigenvalue weighted by Gasteiger charge is -2.23. The van der Waals surface area contributed by atoms with Gasteiger partial charge in [-0.15, -0.1) is 0 Å². The zero-order chi connectivity index (χ0) is 35.3. The summed E-state index contributed by atoms with van der Waals surface area (Å²) in [6, 6.07) is 60.9. The van der Waals surface area contributed by atoms with Gasteiger partial charge >= 0.3 is 0 Å². The highest BCUT2D eigenvalue weighted by Crippen LogP contribution is 2.51. The van der Waals surface area contributed by atoms with E-state index < -0.39 is 0 Å². The predicted molar refractivity (Wildman–Crippen MR) is 219 cm³/mol. The number of benzene rings is 7. The third kappa shape index (κ3) is 4.24. The van der Waals surface area contributed by atoms with Gasteiger partial charge in [0.25, 0.3) is 0 Å². The number of rotatable bonds is 4. The predicted octanol–water partition coefficient (Wildman–Crippen LogP) is 12.3.